The minimum absolute atomic E-state index is 0.230. The van der Waals surface area contributed by atoms with Gasteiger partial charge in [0.2, 0.25) is 4.96 Å². The molecule has 2 heterocycles. The molecule has 148 valence electrons. The van der Waals surface area contributed by atoms with Crippen molar-refractivity contribution in [3.8, 4) is 17.1 Å². The zero-order chi connectivity index (χ0) is 20.5. The molecular weight excluding hydrogens is 429 g/mol. The zero-order valence-corrected chi connectivity index (χ0v) is 18.1. The van der Waals surface area contributed by atoms with Gasteiger partial charge in [0.15, 0.2) is 5.82 Å². The lowest BCUT2D eigenvalue weighted by atomic mass is 10.2. The number of benzene rings is 2. The van der Waals surface area contributed by atoms with E-state index in [1.165, 1.54) is 15.9 Å². The zero-order valence-electron chi connectivity index (χ0n) is 15.7. The van der Waals surface area contributed by atoms with Crippen LogP contribution in [0.3, 0.4) is 0 Å². The number of hydrogen-bond acceptors (Lipinski definition) is 5. The van der Waals surface area contributed by atoms with Crippen molar-refractivity contribution in [2.45, 2.75) is 13.8 Å². The average molecular weight is 446 g/mol. The molecule has 0 amide bonds. The van der Waals surface area contributed by atoms with Crippen LogP contribution in [0.25, 0.3) is 22.4 Å². The number of halogens is 2. The molecule has 0 aliphatic carbocycles. The first-order valence-electron chi connectivity index (χ1n) is 9.00. The van der Waals surface area contributed by atoms with Crippen LogP contribution in [0.5, 0.6) is 5.75 Å². The fourth-order valence-electron chi connectivity index (χ4n) is 2.68. The molecule has 0 atom stereocenters. The third kappa shape index (κ3) is 4.29. The van der Waals surface area contributed by atoms with Crippen molar-refractivity contribution in [1.29, 1.82) is 0 Å². The van der Waals surface area contributed by atoms with E-state index in [2.05, 4.69) is 23.9 Å². The van der Waals surface area contributed by atoms with Crippen LogP contribution in [-0.4, -0.2) is 21.2 Å². The SMILES string of the molecule is CC(C)COc1ccc(-c2nc3s/c(=C/c4ccc(Cl)cc4Cl)c(=O)n3n2)cc1. The third-order valence-corrected chi connectivity index (χ3v) is 5.65. The van der Waals surface area contributed by atoms with Crippen molar-refractivity contribution in [2.75, 3.05) is 6.61 Å². The second-order valence-electron chi connectivity index (χ2n) is 6.94. The molecule has 5 nitrogen and oxygen atoms in total. The standard InChI is InChI=1S/C21H17Cl2N3O2S/c1-12(2)11-28-16-7-4-13(5-8-16)19-24-21-26(25-19)20(27)18(29-21)9-14-3-6-15(22)10-17(14)23/h3-10,12H,11H2,1-2H3/b18-9+. The van der Waals surface area contributed by atoms with Gasteiger partial charge in [-0.25, -0.2) is 0 Å². The van der Waals surface area contributed by atoms with Gasteiger partial charge in [-0.1, -0.05) is 54.5 Å². The summed E-state index contributed by atoms with van der Waals surface area (Å²) in [5.74, 6) is 1.75. The molecule has 0 bridgehead atoms. The molecule has 4 aromatic rings. The minimum Gasteiger partial charge on any atom is -0.493 e. The molecule has 0 aliphatic heterocycles. The van der Waals surface area contributed by atoms with Crippen LogP contribution in [-0.2, 0) is 0 Å². The lowest BCUT2D eigenvalue weighted by Crippen LogP contribution is -2.23. The van der Waals surface area contributed by atoms with E-state index in [0.717, 1.165) is 16.9 Å². The summed E-state index contributed by atoms with van der Waals surface area (Å²) < 4.78 is 7.52. The molecule has 4 rings (SSSR count). The fourth-order valence-corrected chi connectivity index (χ4v) is 4.04. The molecular formula is C21H17Cl2N3O2S. The van der Waals surface area contributed by atoms with Gasteiger partial charge in [0.05, 0.1) is 11.1 Å². The Labute approximate surface area is 181 Å². The van der Waals surface area contributed by atoms with Crippen LogP contribution in [0, 0.1) is 5.92 Å². The summed E-state index contributed by atoms with van der Waals surface area (Å²) in [5.41, 5.74) is 1.31. The topological polar surface area (TPSA) is 56.5 Å². The number of hydrogen-bond donors (Lipinski definition) is 0. The second kappa shape index (κ2) is 8.14. The maximum absolute atomic E-state index is 12.7. The van der Waals surface area contributed by atoms with E-state index in [0.29, 0.717) is 37.9 Å². The highest BCUT2D eigenvalue weighted by atomic mass is 35.5. The fraction of sp³-hybridized carbons (Fsp3) is 0.190. The largest absolute Gasteiger partial charge is 0.493 e. The Morgan fingerprint density at radius 1 is 1.17 bits per heavy atom. The van der Waals surface area contributed by atoms with Gasteiger partial charge in [-0.15, -0.1) is 5.10 Å². The van der Waals surface area contributed by atoms with E-state index >= 15 is 0 Å². The molecule has 0 unspecified atom stereocenters. The molecule has 8 heteroatoms. The van der Waals surface area contributed by atoms with Crippen molar-refractivity contribution in [2.24, 2.45) is 5.92 Å². The van der Waals surface area contributed by atoms with Gasteiger partial charge in [0.25, 0.3) is 5.56 Å². The van der Waals surface area contributed by atoms with E-state index in [4.69, 9.17) is 27.9 Å². The molecule has 0 saturated heterocycles. The molecule has 29 heavy (non-hydrogen) atoms. The van der Waals surface area contributed by atoms with Crippen LogP contribution in [0.4, 0.5) is 0 Å². The van der Waals surface area contributed by atoms with Crippen molar-refractivity contribution < 1.29 is 4.74 Å². The monoisotopic (exact) mass is 445 g/mol. The molecule has 2 aromatic heterocycles. The summed E-state index contributed by atoms with van der Waals surface area (Å²) in [6.07, 6.45) is 1.72. The highest BCUT2D eigenvalue weighted by Crippen LogP contribution is 2.22. The quantitative estimate of drug-likeness (QED) is 0.446. The summed E-state index contributed by atoms with van der Waals surface area (Å²) >= 11 is 13.4. The highest BCUT2D eigenvalue weighted by Gasteiger charge is 2.12. The number of ether oxygens (including phenoxy) is 1. The van der Waals surface area contributed by atoms with Gasteiger partial charge in [-0.2, -0.15) is 9.50 Å². The van der Waals surface area contributed by atoms with Crippen molar-refractivity contribution >= 4 is 45.6 Å². The van der Waals surface area contributed by atoms with Crippen LogP contribution in [0.1, 0.15) is 19.4 Å². The van der Waals surface area contributed by atoms with Crippen LogP contribution >= 0.6 is 34.5 Å². The molecule has 0 radical (unpaired) electrons. The van der Waals surface area contributed by atoms with E-state index in [9.17, 15) is 4.79 Å². The van der Waals surface area contributed by atoms with Gasteiger partial charge in [0, 0.05) is 15.6 Å². The Morgan fingerprint density at radius 2 is 1.93 bits per heavy atom. The Bertz CT molecular complexity index is 1280. The second-order valence-corrected chi connectivity index (χ2v) is 8.79. The average Bonchev–Trinajstić information content (AvgIpc) is 3.22. The lowest BCUT2D eigenvalue weighted by molar-refractivity contribution is 0.271. The first-order chi connectivity index (χ1) is 13.9. The molecule has 0 saturated carbocycles. The van der Waals surface area contributed by atoms with Crippen molar-refractivity contribution in [1.82, 2.24) is 14.6 Å². The maximum Gasteiger partial charge on any atom is 0.291 e. The van der Waals surface area contributed by atoms with E-state index < -0.39 is 0 Å². The Kier molecular flexibility index (Phi) is 5.58. The Morgan fingerprint density at radius 3 is 2.59 bits per heavy atom. The molecule has 0 fully saturated rings. The summed E-state index contributed by atoms with van der Waals surface area (Å²) in [6.45, 7) is 4.86. The Balaban J connectivity index is 1.65. The molecule has 2 aromatic carbocycles. The first kappa shape index (κ1) is 19.9. The lowest BCUT2D eigenvalue weighted by Gasteiger charge is -2.08. The summed E-state index contributed by atoms with van der Waals surface area (Å²) in [6, 6.07) is 12.7. The summed E-state index contributed by atoms with van der Waals surface area (Å²) in [5, 5.41) is 5.40. The van der Waals surface area contributed by atoms with Gasteiger partial charge in [-0.3, -0.25) is 4.79 Å². The number of aromatic nitrogens is 3. The number of fused-ring (bicyclic) bond motifs is 1. The minimum atomic E-state index is -0.230. The van der Waals surface area contributed by atoms with Crippen molar-refractivity contribution in [3.05, 3.63) is 73.0 Å². The van der Waals surface area contributed by atoms with E-state index in [1.54, 1.807) is 24.3 Å². The molecule has 0 aliphatic rings. The number of nitrogens with zero attached hydrogens (tertiary/aromatic N) is 3. The van der Waals surface area contributed by atoms with Crippen molar-refractivity contribution in [3.63, 3.8) is 0 Å². The molecule has 0 N–H and O–H groups in total. The summed E-state index contributed by atoms with van der Waals surface area (Å²) in [4.78, 5) is 17.7. The predicted molar refractivity (Wildman–Crippen MR) is 118 cm³/mol. The van der Waals surface area contributed by atoms with E-state index in [1.807, 2.05) is 24.3 Å². The van der Waals surface area contributed by atoms with E-state index in [-0.39, 0.29) is 5.56 Å². The smallest absolute Gasteiger partial charge is 0.291 e. The number of rotatable bonds is 5. The normalized spacial score (nSPS) is 12.2. The van der Waals surface area contributed by atoms with Crippen LogP contribution < -0.4 is 14.8 Å². The maximum atomic E-state index is 12.7. The Hall–Kier alpha value is -2.41. The van der Waals surface area contributed by atoms with Crippen LogP contribution in [0.2, 0.25) is 10.0 Å². The highest BCUT2D eigenvalue weighted by molar-refractivity contribution is 7.15. The van der Waals surface area contributed by atoms with Gasteiger partial charge < -0.3 is 4.74 Å². The van der Waals surface area contributed by atoms with Crippen LogP contribution in [0.15, 0.2) is 47.3 Å². The van der Waals surface area contributed by atoms with Gasteiger partial charge in [-0.05, 0) is 54.0 Å². The first-order valence-corrected chi connectivity index (χ1v) is 10.6. The number of thiazole rings is 1. The third-order valence-electron chi connectivity index (χ3n) is 4.13. The summed E-state index contributed by atoms with van der Waals surface area (Å²) in [7, 11) is 0. The van der Waals surface area contributed by atoms with Gasteiger partial charge in [0.1, 0.15) is 5.75 Å². The van der Waals surface area contributed by atoms with Gasteiger partial charge >= 0.3 is 0 Å². The predicted octanol–water partition coefficient (Wildman–Crippen LogP) is 4.71. The molecule has 0 spiro atoms.